The highest BCUT2D eigenvalue weighted by Gasteiger charge is 2.29. The summed E-state index contributed by atoms with van der Waals surface area (Å²) in [6.45, 7) is 7.38. The summed E-state index contributed by atoms with van der Waals surface area (Å²) in [6, 6.07) is 6.62. The molecule has 1 aromatic heterocycles. The van der Waals surface area contributed by atoms with E-state index < -0.39 is 6.04 Å². The van der Waals surface area contributed by atoms with Gasteiger partial charge in [0.1, 0.15) is 17.6 Å². The van der Waals surface area contributed by atoms with Crippen LogP contribution in [0.1, 0.15) is 49.5 Å². The Morgan fingerprint density at radius 1 is 1.31 bits per heavy atom. The van der Waals surface area contributed by atoms with Crippen molar-refractivity contribution in [1.82, 2.24) is 14.9 Å². The molecule has 0 fully saturated rings. The highest BCUT2D eigenvalue weighted by atomic mass is 16.5. The number of ether oxygens (including phenoxy) is 1. The molecule has 1 aliphatic heterocycles. The van der Waals surface area contributed by atoms with Gasteiger partial charge in [-0.2, -0.15) is 0 Å². The van der Waals surface area contributed by atoms with Crippen molar-refractivity contribution in [2.24, 2.45) is 5.73 Å². The lowest BCUT2D eigenvalue weighted by Crippen LogP contribution is -2.42. The molecule has 138 valence electrons. The Morgan fingerprint density at radius 2 is 2.04 bits per heavy atom. The Hall–Kier alpha value is -2.47. The van der Waals surface area contributed by atoms with Crippen LogP contribution in [0.2, 0.25) is 0 Å². The summed E-state index contributed by atoms with van der Waals surface area (Å²) in [4.78, 5) is 23.9. The van der Waals surface area contributed by atoms with Gasteiger partial charge in [0, 0.05) is 42.2 Å². The van der Waals surface area contributed by atoms with E-state index in [1.165, 1.54) is 0 Å². The zero-order chi connectivity index (χ0) is 18.9. The Morgan fingerprint density at radius 3 is 2.73 bits per heavy atom. The van der Waals surface area contributed by atoms with Crippen LogP contribution in [-0.2, 0) is 23.2 Å². The number of methoxy groups -OCH3 is 1. The number of para-hydroxylation sites is 1. The van der Waals surface area contributed by atoms with Gasteiger partial charge in [0.15, 0.2) is 0 Å². The third-order valence-electron chi connectivity index (χ3n) is 4.66. The molecule has 0 aliphatic carbocycles. The van der Waals surface area contributed by atoms with Gasteiger partial charge in [0.05, 0.1) is 12.8 Å². The van der Waals surface area contributed by atoms with Crippen LogP contribution in [0.5, 0.6) is 5.75 Å². The lowest BCUT2D eigenvalue weighted by atomic mass is 9.95. The first kappa shape index (κ1) is 18.3. The van der Waals surface area contributed by atoms with Crippen molar-refractivity contribution in [2.45, 2.75) is 45.2 Å². The molecule has 0 spiro atoms. The molecule has 1 aliphatic rings. The molecule has 2 aromatic rings. The molecule has 1 unspecified atom stereocenters. The van der Waals surface area contributed by atoms with Crippen LogP contribution in [-0.4, -0.2) is 34.4 Å². The number of amides is 1. The van der Waals surface area contributed by atoms with E-state index in [4.69, 9.17) is 15.5 Å². The molecule has 1 aromatic carbocycles. The van der Waals surface area contributed by atoms with Gasteiger partial charge >= 0.3 is 0 Å². The number of benzene rings is 1. The molecule has 26 heavy (non-hydrogen) atoms. The molecule has 0 saturated heterocycles. The number of hydrogen-bond acceptors (Lipinski definition) is 5. The van der Waals surface area contributed by atoms with Crippen molar-refractivity contribution >= 4 is 5.91 Å². The second-order valence-electron chi connectivity index (χ2n) is 7.64. The van der Waals surface area contributed by atoms with Gasteiger partial charge in [0.25, 0.3) is 0 Å². The molecule has 2 N–H and O–H groups in total. The first-order chi connectivity index (χ1) is 12.3. The topological polar surface area (TPSA) is 81.3 Å². The molecule has 6 nitrogen and oxygen atoms in total. The highest BCUT2D eigenvalue weighted by Crippen LogP contribution is 2.27. The van der Waals surface area contributed by atoms with Crippen LogP contribution in [0, 0.1) is 0 Å². The number of carbonyl (C=O) groups excluding carboxylic acids is 1. The maximum atomic E-state index is 12.9. The number of carbonyl (C=O) groups is 1. The lowest BCUT2D eigenvalue weighted by Gasteiger charge is -2.31. The van der Waals surface area contributed by atoms with E-state index in [9.17, 15) is 4.79 Å². The number of hydrogen-bond donors (Lipinski definition) is 1. The van der Waals surface area contributed by atoms with E-state index >= 15 is 0 Å². The van der Waals surface area contributed by atoms with Gasteiger partial charge in [-0.1, -0.05) is 39.0 Å². The fraction of sp³-hybridized carbons (Fsp3) is 0.450. The molecule has 0 bridgehead atoms. The smallest absolute Gasteiger partial charge is 0.244 e. The standard InChI is InChI=1S/C20H26N4O2/c1-20(2,3)19-22-11-13-12-24(10-9-15(13)23-19)18(25)17(21)14-7-5-6-8-16(14)26-4/h5-8,11,17H,9-10,12,21H2,1-4H3. The summed E-state index contributed by atoms with van der Waals surface area (Å²) in [6.07, 6.45) is 2.56. The van der Waals surface area contributed by atoms with Crippen LogP contribution in [0.25, 0.3) is 0 Å². The van der Waals surface area contributed by atoms with E-state index in [2.05, 4.69) is 25.8 Å². The maximum absolute atomic E-state index is 12.9. The quantitative estimate of drug-likeness (QED) is 0.915. The summed E-state index contributed by atoms with van der Waals surface area (Å²) in [5.74, 6) is 1.35. The number of rotatable bonds is 3. The van der Waals surface area contributed by atoms with E-state index in [0.717, 1.165) is 17.1 Å². The average molecular weight is 354 g/mol. The Bertz CT molecular complexity index is 814. The second kappa shape index (κ2) is 7.03. The number of fused-ring (bicyclic) bond motifs is 1. The largest absolute Gasteiger partial charge is 0.496 e. The van der Waals surface area contributed by atoms with Crippen LogP contribution in [0.15, 0.2) is 30.5 Å². The minimum absolute atomic E-state index is 0.0891. The van der Waals surface area contributed by atoms with Gasteiger partial charge in [-0.05, 0) is 6.07 Å². The SMILES string of the molecule is COc1ccccc1C(N)C(=O)N1CCc2nc(C(C)(C)C)ncc2C1. The molecule has 3 rings (SSSR count). The van der Waals surface area contributed by atoms with Crippen molar-refractivity contribution in [3.63, 3.8) is 0 Å². The fourth-order valence-electron chi connectivity index (χ4n) is 3.12. The first-order valence-corrected chi connectivity index (χ1v) is 8.84. The van der Waals surface area contributed by atoms with Gasteiger partial charge < -0.3 is 15.4 Å². The van der Waals surface area contributed by atoms with Crippen molar-refractivity contribution in [2.75, 3.05) is 13.7 Å². The zero-order valence-electron chi connectivity index (χ0n) is 15.8. The molecular weight excluding hydrogens is 328 g/mol. The average Bonchev–Trinajstić information content (AvgIpc) is 2.65. The molecule has 0 radical (unpaired) electrons. The predicted molar refractivity (Wildman–Crippen MR) is 99.8 cm³/mol. The monoisotopic (exact) mass is 354 g/mol. The van der Waals surface area contributed by atoms with Gasteiger partial charge in [0.2, 0.25) is 5.91 Å². The van der Waals surface area contributed by atoms with E-state index in [-0.39, 0.29) is 11.3 Å². The summed E-state index contributed by atoms with van der Waals surface area (Å²) in [5, 5.41) is 0. The van der Waals surface area contributed by atoms with Crippen molar-refractivity contribution < 1.29 is 9.53 Å². The Labute approximate surface area is 154 Å². The molecule has 0 saturated carbocycles. The van der Waals surface area contributed by atoms with Crippen molar-refractivity contribution in [3.8, 4) is 5.75 Å². The normalized spacial score (nSPS) is 15.3. The molecular formula is C20H26N4O2. The third kappa shape index (κ3) is 3.55. The third-order valence-corrected chi connectivity index (χ3v) is 4.66. The summed E-state index contributed by atoms with van der Waals surface area (Å²) < 4.78 is 5.33. The summed E-state index contributed by atoms with van der Waals surface area (Å²) in [5.41, 5.74) is 8.87. The van der Waals surface area contributed by atoms with Crippen LogP contribution >= 0.6 is 0 Å². The maximum Gasteiger partial charge on any atom is 0.244 e. The van der Waals surface area contributed by atoms with Crippen LogP contribution < -0.4 is 10.5 Å². The first-order valence-electron chi connectivity index (χ1n) is 8.84. The lowest BCUT2D eigenvalue weighted by molar-refractivity contribution is -0.133. The highest BCUT2D eigenvalue weighted by molar-refractivity contribution is 5.84. The molecule has 1 amide bonds. The van der Waals surface area contributed by atoms with Gasteiger partial charge in [-0.15, -0.1) is 0 Å². The zero-order valence-corrected chi connectivity index (χ0v) is 15.8. The van der Waals surface area contributed by atoms with Crippen LogP contribution in [0.4, 0.5) is 0 Å². The molecule has 2 heterocycles. The van der Waals surface area contributed by atoms with Crippen molar-refractivity contribution in [1.29, 1.82) is 0 Å². The molecule has 1 atom stereocenters. The van der Waals surface area contributed by atoms with E-state index in [0.29, 0.717) is 30.8 Å². The number of nitrogens with two attached hydrogens (primary N) is 1. The Kier molecular flexibility index (Phi) is 4.96. The van der Waals surface area contributed by atoms with Crippen LogP contribution in [0.3, 0.4) is 0 Å². The summed E-state index contributed by atoms with van der Waals surface area (Å²) >= 11 is 0. The van der Waals surface area contributed by atoms with Gasteiger partial charge in [-0.25, -0.2) is 9.97 Å². The van der Waals surface area contributed by atoms with Gasteiger partial charge in [-0.3, -0.25) is 4.79 Å². The second-order valence-corrected chi connectivity index (χ2v) is 7.64. The number of nitrogens with zero attached hydrogens (tertiary/aromatic N) is 3. The summed E-state index contributed by atoms with van der Waals surface area (Å²) in [7, 11) is 1.58. The van der Waals surface area contributed by atoms with E-state index in [1.54, 1.807) is 12.0 Å². The minimum Gasteiger partial charge on any atom is -0.496 e. The minimum atomic E-state index is -0.748. The Balaban J connectivity index is 1.79. The molecule has 6 heteroatoms. The van der Waals surface area contributed by atoms with Crippen molar-refractivity contribution in [3.05, 3.63) is 53.1 Å². The predicted octanol–water partition coefficient (Wildman–Crippen LogP) is 2.37. The number of aromatic nitrogens is 2. The van der Waals surface area contributed by atoms with E-state index in [1.807, 2.05) is 30.5 Å². The fourth-order valence-corrected chi connectivity index (χ4v) is 3.12.